The largest absolute Gasteiger partial charge is 0.442 e. The molecule has 0 saturated carbocycles. The predicted molar refractivity (Wildman–Crippen MR) is 80.6 cm³/mol. The molecular weight excluding hydrogens is 357 g/mol. The van der Waals surface area contributed by atoms with Crippen molar-refractivity contribution in [1.82, 2.24) is 15.5 Å². The van der Waals surface area contributed by atoms with Gasteiger partial charge in [0.15, 0.2) is 17.5 Å². The van der Waals surface area contributed by atoms with Crippen LogP contribution >= 0.6 is 0 Å². The van der Waals surface area contributed by atoms with Crippen molar-refractivity contribution in [2.24, 2.45) is 0 Å². The summed E-state index contributed by atoms with van der Waals surface area (Å²) >= 11 is 0. The van der Waals surface area contributed by atoms with E-state index in [0.717, 1.165) is 4.90 Å². The molecule has 1 aliphatic heterocycles. The number of rotatable bonds is 4. The van der Waals surface area contributed by atoms with Gasteiger partial charge in [0.25, 0.3) is 5.89 Å². The van der Waals surface area contributed by atoms with E-state index in [4.69, 9.17) is 4.74 Å². The number of benzene rings is 1. The number of hydrogen-bond acceptors (Lipinski definition) is 6. The number of cyclic esters (lactones) is 1. The van der Waals surface area contributed by atoms with Crippen LogP contribution in [0.3, 0.4) is 0 Å². The van der Waals surface area contributed by atoms with Crippen LogP contribution in [0.2, 0.25) is 0 Å². The van der Waals surface area contributed by atoms with E-state index in [9.17, 15) is 22.8 Å². The Hall–Kier alpha value is -3.11. The van der Waals surface area contributed by atoms with E-state index in [1.54, 1.807) is 0 Å². The molecule has 1 atom stereocenters. The van der Waals surface area contributed by atoms with Gasteiger partial charge in [-0.1, -0.05) is 5.16 Å². The highest BCUT2D eigenvalue weighted by Crippen LogP contribution is 2.34. The van der Waals surface area contributed by atoms with Gasteiger partial charge in [0.05, 0.1) is 18.8 Å². The van der Waals surface area contributed by atoms with E-state index in [1.807, 2.05) is 0 Å². The Bertz CT molecular complexity index is 886. The molecule has 0 spiro atoms. The average Bonchev–Trinajstić information content (AvgIpc) is 3.15. The molecule has 1 aromatic heterocycles. The fourth-order valence-corrected chi connectivity index (χ4v) is 2.46. The molecule has 3 rings (SSSR count). The first kappa shape index (κ1) is 17.7. The van der Waals surface area contributed by atoms with Crippen molar-refractivity contribution in [2.45, 2.75) is 20.0 Å². The van der Waals surface area contributed by atoms with Crippen molar-refractivity contribution in [2.75, 3.05) is 18.0 Å². The summed E-state index contributed by atoms with van der Waals surface area (Å²) < 4.78 is 52.8. The van der Waals surface area contributed by atoms with Gasteiger partial charge < -0.3 is 14.6 Å². The lowest BCUT2D eigenvalue weighted by atomic mass is 10.1. The fraction of sp³-hybridized carbons (Fsp3) is 0.333. The van der Waals surface area contributed by atoms with Crippen LogP contribution in [0.15, 0.2) is 10.6 Å². The van der Waals surface area contributed by atoms with Gasteiger partial charge in [0.1, 0.15) is 17.5 Å². The maximum Gasteiger partial charge on any atom is 0.414 e. The number of aryl methyl sites for hydroxylation is 1. The Morgan fingerprint density at radius 2 is 2.12 bits per heavy atom. The predicted octanol–water partition coefficient (Wildman–Crippen LogP) is 1.92. The molecule has 0 aliphatic carbocycles. The van der Waals surface area contributed by atoms with Crippen molar-refractivity contribution in [1.29, 1.82) is 0 Å². The fourth-order valence-electron chi connectivity index (χ4n) is 2.46. The third-order valence-corrected chi connectivity index (χ3v) is 3.62. The molecule has 1 aliphatic rings. The minimum atomic E-state index is -1.57. The second-order valence-corrected chi connectivity index (χ2v) is 5.58. The van der Waals surface area contributed by atoms with Crippen LogP contribution in [0.1, 0.15) is 12.7 Å². The second kappa shape index (κ2) is 6.65. The maximum absolute atomic E-state index is 14.5. The summed E-state index contributed by atoms with van der Waals surface area (Å²) in [7, 11) is 0. The molecule has 1 N–H and O–H groups in total. The Kier molecular flexibility index (Phi) is 4.53. The van der Waals surface area contributed by atoms with Crippen molar-refractivity contribution in [3.63, 3.8) is 0 Å². The Morgan fingerprint density at radius 3 is 2.73 bits per heavy atom. The summed E-state index contributed by atoms with van der Waals surface area (Å²) in [4.78, 5) is 27.2. The molecule has 0 radical (unpaired) electrons. The van der Waals surface area contributed by atoms with E-state index in [2.05, 4.69) is 20.0 Å². The summed E-state index contributed by atoms with van der Waals surface area (Å²) in [5.41, 5.74) is -1.45. The van der Waals surface area contributed by atoms with Crippen LogP contribution in [0, 0.1) is 24.4 Å². The molecule has 1 unspecified atom stereocenters. The Labute approximate surface area is 144 Å². The van der Waals surface area contributed by atoms with Crippen molar-refractivity contribution < 1.29 is 32.0 Å². The van der Waals surface area contributed by atoms with Crippen molar-refractivity contribution >= 4 is 17.7 Å². The number of aromatic nitrogens is 2. The molecule has 8 nitrogen and oxygen atoms in total. The molecule has 1 aromatic carbocycles. The van der Waals surface area contributed by atoms with Crippen LogP contribution in [0.4, 0.5) is 23.7 Å². The first-order chi connectivity index (χ1) is 12.3. The highest BCUT2D eigenvalue weighted by molar-refractivity contribution is 5.90. The number of ether oxygens (including phenoxy) is 1. The average molecular weight is 370 g/mol. The highest BCUT2D eigenvalue weighted by Gasteiger charge is 2.36. The van der Waals surface area contributed by atoms with Crippen LogP contribution in [-0.4, -0.2) is 41.3 Å². The Balaban J connectivity index is 1.92. The van der Waals surface area contributed by atoms with Crippen LogP contribution in [0.25, 0.3) is 11.5 Å². The maximum atomic E-state index is 14.5. The third-order valence-electron chi connectivity index (χ3n) is 3.62. The molecular formula is C15H13F3N4O4. The molecule has 138 valence electrons. The minimum absolute atomic E-state index is 0.0104. The van der Waals surface area contributed by atoms with Crippen LogP contribution in [0.5, 0.6) is 0 Å². The quantitative estimate of drug-likeness (QED) is 0.826. The zero-order valence-corrected chi connectivity index (χ0v) is 13.7. The summed E-state index contributed by atoms with van der Waals surface area (Å²) in [5.74, 6) is -4.96. The number of carbonyl (C=O) groups excluding carboxylic acids is 2. The molecule has 2 amide bonds. The van der Waals surface area contributed by atoms with Gasteiger partial charge in [-0.15, -0.1) is 0 Å². The first-order valence-electron chi connectivity index (χ1n) is 7.48. The standard InChI is InChI=1S/C15H13F3N4O4/c1-6-20-14(26-21-6)11-9(16)3-10(12(17)13(11)18)22-5-8(25-15(22)24)4-19-7(2)23/h3,8H,4-5H2,1-2H3,(H,19,23). The van der Waals surface area contributed by atoms with E-state index in [-0.39, 0.29) is 24.8 Å². The second-order valence-electron chi connectivity index (χ2n) is 5.58. The lowest BCUT2D eigenvalue weighted by Crippen LogP contribution is -2.33. The lowest BCUT2D eigenvalue weighted by molar-refractivity contribution is -0.119. The summed E-state index contributed by atoms with van der Waals surface area (Å²) in [6.07, 6.45) is -1.77. The number of amides is 2. The van der Waals surface area contributed by atoms with Gasteiger partial charge >= 0.3 is 6.09 Å². The van der Waals surface area contributed by atoms with Gasteiger partial charge in [-0.05, 0) is 6.92 Å². The first-order valence-corrected chi connectivity index (χ1v) is 7.48. The monoisotopic (exact) mass is 370 g/mol. The molecule has 26 heavy (non-hydrogen) atoms. The van der Waals surface area contributed by atoms with Gasteiger partial charge in [0, 0.05) is 13.0 Å². The third kappa shape index (κ3) is 3.19. The zero-order valence-electron chi connectivity index (χ0n) is 13.7. The van der Waals surface area contributed by atoms with E-state index in [1.165, 1.54) is 13.8 Å². The lowest BCUT2D eigenvalue weighted by Gasteiger charge is -2.15. The zero-order chi connectivity index (χ0) is 19.0. The number of hydrogen-bond donors (Lipinski definition) is 1. The number of nitrogens with zero attached hydrogens (tertiary/aromatic N) is 3. The SMILES string of the molecule is CC(=O)NCC1CN(c2cc(F)c(-c3nc(C)no3)c(F)c2F)C(=O)O1. The van der Waals surface area contributed by atoms with Crippen LogP contribution < -0.4 is 10.2 Å². The number of carbonyl (C=O) groups is 2. The number of halogens is 3. The van der Waals surface area contributed by atoms with E-state index >= 15 is 0 Å². The summed E-state index contributed by atoms with van der Waals surface area (Å²) in [6.45, 7) is 2.51. The smallest absolute Gasteiger partial charge is 0.414 e. The van der Waals surface area contributed by atoms with Gasteiger partial charge in [-0.2, -0.15) is 4.98 Å². The molecule has 2 aromatic rings. The topological polar surface area (TPSA) is 97.6 Å². The van der Waals surface area contributed by atoms with E-state index in [0.29, 0.717) is 6.07 Å². The van der Waals surface area contributed by atoms with E-state index < -0.39 is 46.8 Å². The minimum Gasteiger partial charge on any atom is -0.442 e. The molecule has 0 bridgehead atoms. The molecule has 2 heterocycles. The molecule has 1 saturated heterocycles. The van der Waals surface area contributed by atoms with Crippen molar-refractivity contribution in [3.8, 4) is 11.5 Å². The van der Waals surface area contributed by atoms with Gasteiger partial charge in [-0.25, -0.2) is 18.0 Å². The normalized spacial score (nSPS) is 16.7. The summed E-state index contributed by atoms with van der Waals surface area (Å²) in [5, 5.41) is 5.84. The molecule has 1 fully saturated rings. The highest BCUT2D eigenvalue weighted by atomic mass is 19.2. The number of anilines is 1. The number of nitrogens with one attached hydrogen (secondary N) is 1. The van der Waals surface area contributed by atoms with Crippen molar-refractivity contribution in [3.05, 3.63) is 29.3 Å². The van der Waals surface area contributed by atoms with Gasteiger partial charge in [-0.3, -0.25) is 9.69 Å². The van der Waals surface area contributed by atoms with Gasteiger partial charge in [0.2, 0.25) is 5.91 Å². The van der Waals surface area contributed by atoms with Crippen LogP contribution in [-0.2, 0) is 9.53 Å². The summed E-state index contributed by atoms with van der Waals surface area (Å²) in [6, 6.07) is 0.648. The Morgan fingerprint density at radius 1 is 1.38 bits per heavy atom. The molecule has 11 heteroatoms.